The van der Waals surface area contributed by atoms with Crippen LogP contribution in [-0.2, 0) is 11.2 Å². The predicted octanol–water partition coefficient (Wildman–Crippen LogP) is 2.04. The number of amides is 1. The lowest BCUT2D eigenvalue weighted by Crippen LogP contribution is -2.39. The van der Waals surface area contributed by atoms with Crippen LogP contribution in [0.4, 0.5) is 11.6 Å². The van der Waals surface area contributed by atoms with Gasteiger partial charge in [0.1, 0.15) is 24.0 Å². The van der Waals surface area contributed by atoms with Crippen LogP contribution in [0, 0.1) is 5.92 Å². The normalized spacial score (nSPS) is 12.1. The molecule has 0 spiro atoms. The Labute approximate surface area is 127 Å². The fourth-order valence-electron chi connectivity index (χ4n) is 1.92. The van der Waals surface area contributed by atoms with Gasteiger partial charge in [-0.25, -0.2) is 9.97 Å². The van der Waals surface area contributed by atoms with E-state index in [9.17, 15) is 4.79 Å². The summed E-state index contributed by atoms with van der Waals surface area (Å²) in [4.78, 5) is 20.5. The Morgan fingerprint density at radius 2 is 1.86 bits per heavy atom. The van der Waals surface area contributed by atoms with E-state index in [-0.39, 0.29) is 11.9 Å². The highest BCUT2D eigenvalue weighted by molar-refractivity contribution is 5.84. The molecule has 0 radical (unpaired) electrons. The van der Waals surface area contributed by atoms with Crippen molar-refractivity contribution in [3.8, 4) is 0 Å². The molecule has 118 valence electrons. The first-order valence-electron chi connectivity index (χ1n) is 7.61. The second-order valence-corrected chi connectivity index (χ2v) is 5.44. The summed E-state index contributed by atoms with van der Waals surface area (Å²) >= 11 is 0. The Kier molecular flexibility index (Phi) is 6.91. The molecule has 1 unspecified atom stereocenters. The lowest BCUT2D eigenvalue weighted by molar-refractivity contribution is -0.121. The van der Waals surface area contributed by atoms with Crippen LogP contribution in [0.1, 0.15) is 40.2 Å². The second-order valence-electron chi connectivity index (χ2n) is 5.44. The second kappa shape index (κ2) is 8.44. The Morgan fingerprint density at radius 3 is 2.43 bits per heavy atom. The van der Waals surface area contributed by atoms with Crippen molar-refractivity contribution < 1.29 is 4.79 Å². The van der Waals surface area contributed by atoms with Crippen molar-refractivity contribution in [2.75, 3.05) is 23.7 Å². The molecule has 21 heavy (non-hydrogen) atoms. The van der Waals surface area contributed by atoms with Crippen LogP contribution in [0.25, 0.3) is 0 Å². The van der Waals surface area contributed by atoms with E-state index in [0.717, 1.165) is 30.2 Å². The van der Waals surface area contributed by atoms with E-state index >= 15 is 0 Å². The Balaban J connectivity index is 2.77. The van der Waals surface area contributed by atoms with Gasteiger partial charge in [0.05, 0.1) is 0 Å². The summed E-state index contributed by atoms with van der Waals surface area (Å²) in [6, 6.07) is -0.335. The number of hydrogen-bond acceptors (Lipinski definition) is 5. The third kappa shape index (κ3) is 5.21. The maximum absolute atomic E-state index is 12.0. The van der Waals surface area contributed by atoms with E-state index in [4.69, 9.17) is 0 Å². The molecule has 0 fully saturated rings. The van der Waals surface area contributed by atoms with Gasteiger partial charge in [0, 0.05) is 18.7 Å². The van der Waals surface area contributed by atoms with E-state index in [2.05, 4.69) is 39.8 Å². The van der Waals surface area contributed by atoms with E-state index in [1.54, 1.807) is 0 Å². The van der Waals surface area contributed by atoms with Crippen LogP contribution in [0.2, 0.25) is 0 Å². The van der Waals surface area contributed by atoms with Gasteiger partial charge >= 0.3 is 0 Å². The van der Waals surface area contributed by atoms with Crippen LogP contribution in [0.5, 0.6) is 0 Å². The van der Waals surface area contributed by atoms with Gasteiger partial charge in [-0.3, -0.25) is 4.79 Å². The molecule has 3 N–H and O–H groups in total. The summed E-state index contributed by atoms with van der Waals surface area (Å²) < 4.78 is 0. The number of hydrogen-bond donors (Lipinski definition) is 3. The summed E-state index contributed by atoms with van der Waals surface area (Å²) in [5.41, 5.74) is 1.00. The molecular formula is C15H27N5O. The van der Waals surface area contributed by atoms with Gasteiger partial charge in [-0.2, -0.15) is 0 Å². The maximum atomic E-state index is 12.0. The zero-order chi connectivity index (χ0) is 15.8. The lowest BCUT2D eigenvalue weighted by atomic mass is 10.2. The average molecular weight is 293 g/mol. The van der Waals surface area contributed by atoms with Crippen molar-refractivity contribution >= 4 is 17.5 Å². The molecule has 0 bridgehead atoms. The molecule has 1 aromatic heterocycles. The number of nitrogens with one attached hydrogen (secondary N) is 3. The number of rotatable bonds is 8. The van der Waals surface area contributed by atoms with Crippen molar-refractivity contribution in [1.29, 1.82) is 0 Å². The molecule has 6 nitrogen and oxygen atoms in total. The molecule has 0 saturated heterocycles. The van der Waals surface area contributed by atoms with Gasteiger partial charge in [-0.05, 0) is 26.2 Å². The van der Waals surface area contributed by atoms with E-state index < -0.39 is 0 Å². The highest BCUT2D eigenvalue weighted by Crippen LogP contribution is 2.20. The number of aromatic nitrogens is 2. The van der Waals surface area contributed by atoms with Crippen LogP contribution in [0.15, 0.2) is 6.33 Å². The van der Waals surface area contributed by atoms with Gasteiger partial charge in [0.15, 0.2) is 0 Å². The van der Waals surface area contributed by atoms with Crippen LogP contribution in [-0.4, -0.2) is 35.0 Å². The van der Waals surface area contributed by atoms with Crippen molar-refractivity contribution in [1.82, 2.24) is 15.3 Å². The molecule has 0 aliphatic heterocycles. The third-order valence-corrected chi connectivity index (χ3v) is 3.07. The molecule has 0 aliphatic rings. The average Bonchev–Trinajstić information content (AvgIpc) is 2.45. The number of nitrogens with zero attached hydrogens (tertiary/aromatic N) is 2. The monoisotopic (exact) mass is 293 g/mol. The van der Waals surface area contributed by atoms with Crippen LogP contribution < -0.4 is 16.0 Å². The fraction of sp³-hybridized carbons (Fsp3) is 0.667. The van der Waals surface area contributed by atoms with Crippen molar-refractivity contribution in [2.24, 2.45) is 5.92 Å². The summed E-state index contributed by atoms with van der Waals surface area (Å²) in [6.07, 6.45) is 2.31. The molecule has 6 heteroatoms. The smallest absolute Gasteiger partial charge is 0.242 e. The molecule has 1 rings (SSSR count). The third-order valence-electron chi connectivity index (χ3n) is 3.07. The minimum Gasteiger partial charge on any atom is -0.370 e. The molecule has 1 heterocycles. The zero-order valence-electron chi connectivity index (χ0n) is 13.7. The van der Waals surface area contributed by atoms with E-state index in [1.165, 1.54) is 6.33 Å². The van der Waals surface area contributed by atoms with Crippen molar-refractivity contribution in [3.05, 3.63) is 11.9 Å². The summed E-state index contributed by atoms with van der Waals surface area (Å²) in [7, 11) is 0. The largest absolute Gasteiger partial charge is 0.370 e. The summed E-state index contributed by atoms with van der Waals surface area (Å²) in [6.45, 7) is 11.5. The molecule has 0 aromatic carbocycles. The lowest BCUT2D eigenvalue weighted by Gasteiger charge is -2.18. The highest BCUT2D eigenvalue weighted by atomic mass is 16.2. The van der Waals surface area contributed by atoms with Gasteiger partial charge < -0.3 is 16.0 Å². The SMILES string of the molecule is CCNc1ncnc(NC(C)C(=O)NCC(C)C)c1CC. The molecule has 1 atom stereocenters. The quantitative estimate of drug-likeness (QED) is 0.683. The number of anilines is 2. The van der Waals surface area contributed by atoms with Gasteiger partial charge in [0.25, 0.3) is 0 Å². The van der Waals surface area contributed by atoms with Gasteiger partial charge in [-0.15, -0.1) is 0 Å². The highest BCUT2D eigenvalue weighted by Gasteiger charge is 2.16. The first-order chi connectivity index (χ1) is 9.99. The summed E-state index contributed by atoms with van der Waals surface area (Å²) in [5, 5.41) is 9.32. The Bertz CT molecular complexity index is 461. The van der Waals surface area contributed by atoms with Gasteiger partial charge in [-0.1, -0.05) is 20.8 Å². The van der Waals surface area contributed by atoms with E-state index in [1.807, 2.05) is 20.8 Å². The molecule has 1 aromatic rings. The summed E-state index contributed by atoms with van der Waals surface area (Å²) in [5.74, 6) is 1.96. The minimum atomic E-state index is -0.335. The van der Waals surface area contributed by atoms with Gasteiger partial charge in [0.2, 0.25) is 5.91 Å². The van der Waals surface area contributed by atoms with Crippen molar-refractivity contribution in [3.63, 3.8) is 0 Å². The fourth-order valence-corrected chi connectivity index (χ4v) is 1.92. The van der Waals surface area contributed by atoms with Crippen molar-refractivity contribution in [2.45, 2.75) is 47.1 Å². The standard InChI is InChI=1S/C15H27N5O/c1-6-12-13(16-7-2)18-9-19-14(12)20-11(5)15(21)17-8-10(3)4/h9-11H,6-8H2,1-5H3,(H,17,21)(H2,16,18,19,20). The minimum absolute atomic E-state index is 0.0191. The molecular weight excluding hydrogens is 266 g/mol. The Hall–Kier alpha value is -1.85. The zero-order valence-corrected chi connectivity index (χ0v) is 13.7. The number of carbonyl (C=O) groups is 1. The molecule has 1 amide bonds. The first kappa shape index (κ1) is 17.2. The molecule has 0 saturated carbocycles. The van der Waals surface area contributed by atoms with E-state index in [0.29, 0.717) is 12.5 Å². The molecule has 0 aliphatic carbocycles. The Morgan fingerprint density at radius 1 is 1.19 bits per heavy atom. The maximum Gasteiger partial charge on any atom is 0.242 e. The number of carbonyl (C=O) groups excluding carboxylic acids is 1. The first-order valence-corrected chi connectivity index (χ1v) is 7.61. The topological polar surface area (TPSA) is 78.9 Å². The van der Waals surface area contributed by atoms with Crippen LogP contribution >= 0.6 is 0 Å². The van der Waals surface area contributed by atoms with Crippen LogP contribution in [0.3, 0.4) is 0 Å². The predicted molar refractivity (Wildman–Crippen MR) is 86.5 cm³/mol.